The first kappa shape index (κ1) is 21.6. The first-order valence-corrected chi connectivity index (χ1v) is 11.4. The first-order chi connectivity index (χ1) is 16.5. The normalized spacial score (nSPS) is 19.5. The van der Waals surface area contributed by atoms with Crippen LogP contribution in [-0.4, -0.2) is 18.9 Å². The molecule has 0 atom stereocenters. The molecule has 2 aliphatic heterocycles. The third kappa shape index (κ3) is 3.46. The van der Waals surface area contributed by atoms with Crippen LogP contribution < -0.4 is 20.0 Å². The summed E-state index contributed by atoms with van der Waals surface area (Å²) >= 11 is 0. The lowest BCUT2D eigenvalue weighted by Gasteiger charge is -2.30. The van der Waals surface area contributed by atoms with Crippen molar-refractivity contribution in [2.24, 2.45) is 0 Å². The molecule has 0 unspecified atom stereocenters. The lowest BCUT2D eigenvalue weighted by atomic mass is 10.0. The van der Waals surface area contributed by atoms with Gasteiger partial charge in [-0.25, -0.2) is 0 Å². The number of nitrogens with zero attached hydrogens (tertiary/aromatic N) is 2. The van der Waals surface area contributed by atoms with Crippen molar-refractivity contribution in [1.82, 2.24) is 0 Å². The third-order valence-corrected chi connectivity index (χ3v) is 6.35. The Kier molecular flexibility index (Phi) is 5.46. The first-order valence-electron chi connectivity index (χ1n) is 11.4. The highest BCUT2D eigenvalue weighted by Crippen LogP contribution is 2.35. The van der Waals surface area contributed by atoms with Gasteiger partial charge in [0, 0.05) is 41.4 Å². The number of para-hydroxylation sites is 2. The van der Waals surface area contributed by atoms with E-state index in [1.165, 1.54) is 0 Å². The van der Waals surface area contributed by atoms with Crippen LogP contribution in [-0.2, 0) is 4.79 Å². The number of fused-ring (bicyclic) bond motifs is 2. The van der Waals surface area contributed by atoms with Gasteiger partial charge in [-0.2, -0.15) is 0 Å². The van der Waals surface area contributed by atoms with Gasteiger partial charge in [0.15, 0.2) is 5.78 Å². The topological polar surface area (TPSA) is 69.7 Å². The number of ketones is 1. The van der Waals surface area contributed by atoms with Gasteiger partial charge >= 0.3 is 0 Å². The van der Waals surface area contributed by atoms with E-state index in [-0.39, 0.29) is 11.1 Å². The van der Waals surface area contributed by atoms with Crippen LogP contribution in [0.15, 0.2) is 107 Å². The number of benzene rings is 2. The molecule has 0 spiro atoms. The Morgan fingerprint density at radius 1 is 0.676 bits per heavy atom. The van der Waals surface area contributed by atoms with Crippen molar-refractivity contribution in [3.8, 4) is 0 Å². The Morgan fingerprint density at radius 2 is 1.15 bits per heavy atom. The van der Waals surface area contributed by atoms with Gasteiger partial charge in [-0.3, -0.25) is 4.79 Å². The highest BCUT2D eigenvalue weighted by atomic mass is 16.3. The highest BCUT2D eigenvalue weighted by molar-refractivity contribution is 6.13. The number of carbonyl (C=O) groups is 1. The van der Waals surface area contributed by atoms with Gasteiger partial charge in [0.05, 0.1) is 0 Å². The van der Waals surface area contributed by atoms with Crippen LogP contribution in [0, 0.1) is 0 Å². The summed E-state index contributed by atoms with van der Waals surface area (Å²) < 4.78 is 0. The molecule has 0 aromatic heterocycles. The SMILES string of the molecule is CCN1/C(=C/C2=C([O-])C(/C=C3\C=Cc4ccccc4N3CC)=C([O-])C2=O)C=Cc2ccccc21. The van der Waals surface area contributed by atoms with Crippen molar-refractivity contribution in [2.75, 3.05) is 22.9 Å². The predicted octanol–water partition coefficient (Wildman–Crippen LogP) is 3.67. The molecule has 170 valence electrons. The molecule has 5 rings (SSSR count). The van der Waals surface area contributed by atoms with E-state index in [9.17, 15) is 15.0 Å². The van der Waals surface area contributed by atoms with E-state index in [0.717, 1.165) is 22.5 Å². The summed E-state index contributed by atoms with van der Waals surface area (Å²) in [5.41, 5.74) is 5.37. The summed E-state index contributed by atoms with van der Waals surface area (Å²) in [6, 6.07) is 15.9. The number of likely N-dealkylation sites (N-methyl/N-ethyl adjacent to an activating group) is 2. The second-order valence-electron chi connectivity index (χ2n) is 8.23. The van der Waals surface area contributed by atoms with Crippen molar-refractivity contribution in [1.29, 1.82) is 0 Å². The molecule has 0 saturated heterocycles. The Bertz CT molecular complexity index is 1370. The molecule has 0 saturated carbocycles. The molecule has 34 heavy (non-hydrogen) atoms. The second kappa shape index (κ2) is 8.60. The monoisotopic (exact) mass is 448 g/mol. The van der Waals surface area contributed by atoms with Gasteiger partial charge in [0.25, 0.3) is 0 Å². The maximum Gasteiger partial charge on any atom is 0.178 e. The van der Waals surface area contributed by atoms with E-state index >= 15 is 0 Å². The Morgan fingerprint density at radius 3 is 1.65 bits per heavy atom. The molecule has 0 radical (unpaired) electrons. The van der Waals surface area contributed by atoms with Gasteiger partial charge in [-0.1, -0.05) is 60.1 Å². The molecule has 2 aromatic rings. The van der Waals surface area contributed by atoms with Gasteiger partial charge in [0.2, 0.25) is 0 Å². The zero-order chi connectivity index (χ0) is 23.8. The molecule has 5 heteroatoms. The van der Waals surface area contributed by atoms with Crippen LogP contribution in [0.2, 0.25) is 0 Å². The summed E-state index contributed by atoms with van der Waals surface area (Å²) in [5.74, 6) is -2.03. The zero-order valence-electron chi connectivity index (χ0n) is 19.1. The number of hydrogen-bond acceptors (Lipinski definition) is 5. The van der Waals surface area contributed by atoms with Crippen LogP contribution in [0.25, 0.3) is 12.2 Å². The Labute approximate surface area is 199 Å². The zero-order valence-corrected chi connectivity index (χ0v) is 19.1. The van der Waals surface area contributed by atoms with Crippen LogP contribution in [0.1, 0.15) is 25.0 Å². The number of anilines is 2. The number of Topliss-reactive ketones (excluding diaryl/α,β-unsaturated/α-hetero) is 1. The summed E-state index contributed by atoms with van der Waals surface area (Å²) in [4.78, 5) is 16.9. The largest absolute Gasteiger partial charge is 0.872 e. The van der Waals surface area contributed by atoms with Crippen molar-refractivity contribution in [3.63, 3.8) is 0 Å². The van der Waals surface area contributed by atoms with Crippen molar-refractivity contribution in [2.45, 2.75) is 13.8 Å². The number of hydrogen-bond donors (Lipinski definition) is 0. The van der Waals surface area contributed by atoms with Gasteiger partial charge in [-0.15, -0.1) is 0 Å². The maximum absolute atomic E-state index is 13.3. The predicted molar refractivity (Wildman–Crippen MR) is 132 cm³/mol. The fraction of sp³-hybridized carbons (Fsp3) is 0.138. The van der Waals surface area contributed by atoms with E-state index in [0.29, 0.717) is 24.5 Å². The average molecular weight is 449 g/mol. The number of rotatable bonds is 4. The summed E-state index contributed by atoms with van der Waals surface area (Å²) in [6.07, 6.45) is 10.8. The Hall–Kier alpha value is -4.25. The lowest BCUT2D eigenvalue weighted by molar-refractivity contribution is -0.307. The lowest BCUT2D eigenvalue weighted by Crippen LogP contribution is -2.24. The minimum atomic E-state index is -0.754. The summed E-state index contributed by atoms with van der Waals surface area (Å²) in [5, 5.41) is 26.1. The number of allylic oxidation sites excluding steroid dienone is 5. The van der Waals surface area contributed by atoms with Gasteiger partial charge in [-0.05, 0) is 67.0 Å². The van der Waals surface area contributed by atoms with E-state index in [4.69, 9.17) is 0 Å². The molecular weight excluding hydrogens is 424 g/mol. The van der Waals surface area contributed by atoms with E-state index < -0.39 is 17.3 Å². The summed E-state index contributed by atoms with van der Waals surface area (Å²) in [7, 11) is 0. The van der Waals surface area contributed by atoms with Crippen molar-refractivity contribution >= 4 is 29.3 Å². The van der Waals surface area contributed by atoms with Crippen molar-refractivity contribution in [3.05, 3.63) is 118 Å². The van der Waals surface area contributed by atoms with E-state index in [1.54, 1.807) is 12.2 Å². The summed E-state index contributed by atoms with van der Waals surface area (Å²) in [6.45, 7) is 5.33. The van der Waals surface area contributed by atoms with Crippen LogP contribution in [0.5, 0.6) is 0 Å². The molecule has 0 fully saturated rings. The van der Waals surface area contributed by atoms with E-state index in [1.807, 2.05) is 96.5 Å². The molecular formula is C29H24N2O3-2. The van der Waals surface area contributed by atoms with Gasteiger partial charge < -0.3 is 20.0 Å². The molecule has 0 bridgehead atoms. The molecule has 0 N–H and O–H groups in total. The smallest absolute Gasteiger partial charge is 0.178 e. The van der Waals surface area contributed by atoms with Crippen LogP contribution in [0.3, 0.4) is 0 Å². The third-order valence-electron chi connectivity index (χ3n) is 6.35. The quantitative estimate of drug-likeness (QED) is 0.714. The average Bonchev–Trinajstić information content (AvgIpc) is 3.06. The van der Waals surface area contributed by atoms with Crippen LogP contribution in [0.4, 0.5) is 11.4 Å². The minimum Gasteiger partial charge on any atom is -0.872 e. The molecule has 5 nitrogen and oxygen atoms in total. The molecule has 0 amide bonds. The maximum atomic E-state index is 13.3. The highest BCUT2D eigenvalue weighted by Gasteiger charge is 2.24. The van der Waals surface area contributed by atoms with Crippen molar-refractivity contribution < 1.29 is 15.0 Å². The molecule has 2 aromatic carbocycles. The second-order valence-corrected chi connectivity index (χ2v) is 8.23. The fourth-order valence-electron chi connectivity index (χ4n) is 4.67. The van der Waals surface area contributed by atoms with Gasteiger partial charge in [0.1, 0.15) is 0 Å². The van der Waals surface area contributed by atoms with E-state index in [2.05, 4.69) is 0 Å². The fourth-order valence-corrected chi connectivity index (χ4v) is 4.67. The molecule has 2 heterocycles. The molecule has 3 aliphatic rings. The molecule has 1 aliphatic carbocycles. The van der Waals surface area contributed by atoms with Crippen LogP contribution >= 0.6 is 0 Å². The minimum absolute atomic E-state index is 0.0856. The standard InChI is InChI=1S/C29H26N2O3/c1-3-30-21(15-13-19-9-5-7-11-25(19)30)17-23-27(32)24(29(34)28(23)33)18-22-16-14-20-10-6-8-12-26(20)31(22)4-2/h5-18,32H,3-4H2,1-2H3,(H,33,34)/p-2/b21-17+,22-18+. The Balaban J connectivity index is 1.54. The number of carbonyl (C=O) groups excluding carboxylic acids is 1.